The molecular formula is C27H22Cl2FN3O4. The minimum atomic E-state index is -0.387. The molecule has 5 rings (SSSR count). The molecule has 1 aromatic heterocycles. The van der Waals surface area contributed by atoms with Gasteiger partial charge in [-0.2, -0.15) is 0 Å². The van der Waals surface area contributed by atoms with Gasteiger partial charge in [0.2, 0.25) is 12.7 Å². The van der Waals surface area contributed by atoms with E-state index in [1.807, 2.05) is 24.3 Å². The highest BCUT2D eigenvalue weighted by Crippen LogP contribution is 2.33. The zero-order valence-electron chi connectivity index (χ0n) is 19.5. The first-order valence-electron chi connectivity index (χ1n) is 11.4. The van der Waals surface area contributed by atoms with Crippen LogP contribution in [0, 0.1) is 5.82 Å². The topological polar surface area (TPSA) is 76.8 Å². The molecule has 1 aliphatic heterocycles. The first-order chi connectivity index (χ1) is 17.9. The Morgan fingerprint density at radius 3 is 2.54 bits per heavy atom. The predicted octanol–water partition coefficient (Wildman–Crippen LogP) is 5.98. The summed E-state index contributed by atoms with van der Waals surface area (Å²) < 4.78 is 29.6. The van der Waals surface area contributed by atoms with Crippen LogP contribution >= 0.6 is 23.2 Å². The van der Waals surface area contributed by atoms with E-state index in [9.17, 15) is 9.18 Å². The molecule has 7 nitrogen and oxygen atoms in total. The van der Waals surface area contributed by atoms with Gasteiger partial charge in [0.1, 0.15) is 12.1 Å². The average Bonchev–Trinajstić information content (AvgIpc) is 3.54. The first kappa shape index (κ1) is 25.1. The SMILES string of the molecule is O=C(NCc1ccc(F)cc1)c1coc(CN(Cc2ccc3c(c2)OCO3)Cc2ccc(Cl)cc2Cl)n1. The van der Waals surface area contributed by atoms with Crippen molar-refractivity contribution in [3.8, 4) is 11.5 Å². The number of rotatable bonds is 9. The van der Waals surface area contributed by atoms with E-state index >= 15 is 0 Å². The number of benzene rings is 3. The van der Waals surface area contributed by atoms with E-state index in [0.717, 1.165) is 16.7 Å². The fourth-order valence-corrected chi connectivity index (χ4v) is 4.38. The van der Waals surface area contributed by atoms with Crippen molar-refractivity contribution in [2.75, 3.05) is 6.79 Å². The highest BCUT2D eigenvalue weighted by Gasteiger charge is 2.19. The Morgan fingerprint density at radius 1 is 0.946 bits per heavy atom. The van der Waals surface area contributed by atoms with E-state index in [-0.39, 0.29) is 30.8 Å². The summed E-state index contributed by atoms with van der Waals surface area (Å²) in [5.74, 6) is 1.06. The summed E-state index contributed by atoms with van der Waals surface area (Å²) in [5, 5.41) is 3.87. The van der Waals surface area contributed by atoms with Crippen LogP contribution in [-0.4, -0.2) is 22.6 Å². The van der Waals surface area contributed by atoms with Crippen LogP contribution in [0.1, 0.15) is 33.1 Å². The van der Waals surface area contributed by atoms with E-state index in [2.05, 4.69) is 15.2 Å². The molecule has 1 N–H and O–H groups in total. The second-order valence-corrected chi connectivity index (χ2v) is 9.35. The quantitative estimate of drug-likeness (QED) is 0.281. The van der Waals surface area contributed by atoms with Gasteiger partial charge >= 0.3 is 0 Å². The summed E-state index contributed by atoms with van der Waals surface area (Å²) in [6.07, 6.45) is 1.32. The number of nitrogens with one attached hydrogen (secondary N) is 1. The summed E-state index contributed by atoms with van der Waals surface area (Å²) in [7, 11) is 0. The number of hydrogen-bond acceptors (Lipinski definition) is 6. The van der Waals surface area contributed by atoms with Crippen LogP contribution in [0.25, 0.3) is 0 Å². The van der Waals surface area contributed by atoms with Crippen LogP contribution in [0.2, 0.25) is 10.0 Å². The van der Waals surface area contributed by atoms with E-state index in [0.29, 0.717) is 47.1 Å². The van der Waals surface area contributed by atoms with E-state index in [1.54, 1.807) is 24.3 Å². The van der Waals surface area contributed by atoms with Gasteiger partial charge in [-0.1, -0.05) is 47.5 Å². The zero-order chi connectivity index (χ0) is 25.8. The number of aromatic nitrogens is 1. The molecule has 0 bridgehead atoms. The highest BCUT2D eigenvalue weighted by atomic mass is 35.5. The molecule has 0 radical (unpaired) electrons. The molecule has 0 aliphatic carbocycles. The molecule has 2 heterocycles. The molecule has 4 aromatic rings. The molecule has 0 atom stereocenters. The minimum Gasteiger partial charge on any atom is -0.454 e. The van der Waals surface area contributed by atoms with Crippen LogP contribution in [0.5, 0.6) is 11.5 Å². The normalized spacial score (nSPS) is 12.2. The van der Waals surface area contributed by atoms with Gasteiger partial charge in [0.25, 0.3) is 5.91 Å². The molecule has 0 spiro atoms. The summed E-state index contributed by atoms with van der Waals surface area (Å²) in [5.41, 5.74) is 2.81. The third-order valence-corrected chi connectivity index (χ3v) is 6.35. The minimum absolute atomic E-state index is 0.157. The van der Waals surface area contributed by atoms with Gasteiger partial charge in [0.15, 0.2) is 17.2 Å². The molecule has 0 saturated heterocycles. The Hall–Kier alpha value is -3.59. The number of halogens is 3. The van der Waals surface area contributed by atoms with Gasteiger partial charge in [-0.05, 0) is 53.1 Å². The van der Waals surface area contributed by atoms with Crippen LogP contribution in [0.3, 0.4) is 0 Å². The van der Waals surface area contributed by atoms with Crippen molar-refractivity contribution in [2.45, 2.75) is 26.2 Å². The smallest absolute Gasteiger partial charge is 0.273 e. The number of nitrogens with zero attached hydrogens (tertiary/aromatic N) is 2. The van der Waals surface area contributed by atoms with Crippen molar-refractivity contribution < 1.29 is 23.1 Å². The van der Waals surface area contributed by atoms with Crippen LogP contribution in [0.4, 0.5) is 4.39 Å². The van der Waals surface area contributed by atoms with Gasteiger partial charge in [-0.15, -0.1) is 0 Å². The second-order valence-electron chi connectivity index (χ2n) is 8.50. The van der Waals surface area contributed by atoms with Gasteiger partial charge in [-0.25, -0.2) is 9.37 Å². The molecule has 10 heteroatoms. The van der Waals surface area contributed by atoms with Crippen molar-refractivity contribution in [3.05, 3.63) is 111 Å². The molecule has 0 saturated carbocycles. The number of carbonyl (C=O) groups excluding carboxylic acids is 1. The van der Waals surface area contributed by atoms with Gasteiger partial charge in [0.05, 0.1) is 6.54 Å². The molecule has 190 valence electrons. The maximum atomic E-state index is 13.1. The van der Waals surface area contributed by atoms with Crippen molar-refractivity contribution in [3.63, 3.8) is 0 Å². The Morgan fingerprint density at radius 2 is 1.73 bits per heavy atom. The summed E-state index contributed by atoms with van der Waals surface area (Å²) in [6, 6.07) is 17.0. The maximum absolute atomic E-state index is 13.1. The van der Waals surface area contributed by atoms with Crippen molar-refractivity contribution >= 4 is 29.1 Å². The van der Waals surface area contributed by atoms with Crippen LogP contribution < -0.4 is 14.8 Å². The van der Waals surface area contributed by atoms with Gasteiger partial charge < -0.3 is 19.2 Å². The molecule has 1 aliphatic rings. The van der Waals surface area contributed by atoms with E-state index in [1.165, 1.54) is 18.4 Å². The number of amides is 1. The van der Waals surface area contributed by atoms with Crippen molar-refractivity contribution in [2.24, 2.45) is 0 Å². The number of carbonyl (C=O) groups is 1. The molecule has 0 fully saturated rings. The summed E-state index contributed by atoms with van der Waals surface area (Å²) in [4.78, 5) is 19.0. The third kappa shape index (κ3) is 6.40. The molecule has 0 unspecified atom stereocenters. The summed E-state index contributed by atoms with van der Waals surface area (Å²) in [6.45, 7) is 1.78. The van der Waals surface area contributed by atoms with Crippen molar-refractivity contribution in [1.82, 2.24) is 15.2 Å². The standard InChI is InChI=1S/C27H22Cl2FN3O4/c28-20-5-4-19(22(29)10-20)13-33(12-18-3-8-24-25(9-18)37-16-36-24)14-26-32-23(15-35-26)27(34)31-11-17-1-6-21(30)7-2-17/h1-10,15H,11-14,16H2,(H,31,34). The highest BCUT2D eigenvalue weighted by molar-refractivity contribution is 6.35. The zero-order valence-corrected chi connectivity index (χ0v) is 21.1. The van der Waals surface area contributed by atoms with Crippen LogP contribution in [0.15, 0.2) is 71.3 Å². The fourth-order valence-electron chi connectivity index (χ4n) is 3.91. The van der Waals surface area contributed by atoms with E-state index < -0.39 is 0 Å². The number of oxazole rings is 1. The molecular weight excluding hydrogens is 520 g/mol. The molecule has 1 amide bonds. The van der Waals surface area contributed by atoms with Gasteiger partial charge in [0, 0.05) is 29.7 Å². The van der Waals surface area contributed by atoms with E-state index in [4.69, 9.17) is 37.1 Å². The molecule has 3 aromatic carbocycles. The van der Waals surface area contributed by atoms with Crippen LogP contribution in [-0.2, 0) is 26.2 Å². The van der Waals surface area contributed by atoms with Gasteiger partial charge in [-0.3, -0.25) is 9.69 Å². The maximum Gasteiger partial charge on any atom is 0.273 e. The lowest BCUT2D eigenvalue weighted by molar-refractivity contribution is 0.0945. The fraction of sp³-hybridized carbons (Fsp3) is 0.185. The Labute approximate surface area is 222 Å². The largest absolute Gasteiger partial charge is 0.454 e. The molecule has 37 heavy (non-hydrogen) atoms. The first-order valence-corrected chi connectivity index (χ1v) is 12.2. The lowest BCUT2D eigenvalue weighted by Gasteiger charge is -2.22. The second kappa shape index (κ2) is 11.2. The number of ether oxygens (including phenoxy) is 2. The van der Waals surface area contributed by atoms with Crippen molar-refractivity contribution in [1.29, 1.82) is 0 Å². The average molecular weight is 542 g/mol. The lowest BCUT2D eigenvalue weighted by Crippen LogP contribution is -2.24. The predicted molar refractivity (Wildman–Crippen MR) is 136 cm³/mol. The Balaban J connectivity index is 1.29. The monoisotopic (exact) mass is 541 g/mol. The third-order valence-electron chi connectivity index (χ3n) is 5.76. The Kier molecular flexibility index (Phi) is 7.60. The number of fused-ring (bicyclic) bond motifs is 1. The summed E-state index contributed by atoms with van der Waals surface area (Å²) >= 11 is 12.5. The number of hydrogen-bond donors (Lipinski definition) is 1. The Bertz CT molecular complexity index is 1410. The lowest BCUT2D eigenvalue weighted by atomic mass is 10.1.